The average Bonchev–Trinajstić information content (AvgIpc) is 3.28. The van der Waals surface area contributed by atoms with Gasteiger partial charge in [0, 0.05) is 24.7 Å². The van der Waals surface area contributed by atoms with Crippen molar-refractivity contribution >= 4 is 16.7 Å². The molecule has 7 heteroatoms. The zero-order valence-electron chi connectivity index (χ0n) is 18.2. The minimum Gasteiger partial charge on any atom is -0.662 e. The van der Waals surface area contributed by atoms with Crippen LogP contribution in [-0.4, -0.2) is 38.4 Å². The van der Waals surface area contributed by atoms with Crippen molar-refractivity contribution in [2.24, 2.45) is 0 Å². The first-order valence-corrected chi connectivity index (χ1v) is 9.66. The number of nitrogen functional groups attached to an aromatic ring is 1. The molecule has 4 rings (SSSR count). The molecule has 2 aromatic rings. The number of aromatic nitrogens is 1. The van der Waals surface area contributed by atoms with E-state index in [2.05, 4.69) is 10.3 Å². The van der Waals surface area contributed by atoms with Crippen LogP contribution in [0.2, 0.25) is 0 Å². The van der Waals surface area contributed by atoms with Crippen LogP contribution in [-0.2, 0) is 4.74 Å². The minimum atomic E-state index is 0. The number of fused-ring (bicyclic) bond motifs is 1. The maximum atomic E-state index is 6.00. The Balaban J connectivity index is 0.000000527. The second-order valence-corrected chi connectivity index (χ2v) is 6.77. The summed E-state index contributed by atoms with van der Waals surface area (Å²) in [5.41, 5.74) is 8.05. The number of ether oxygens (including phenoxy) is 3. The average molecular weight is 426 g/mol. The van der Waals surface area contributed by atoms with Gasteiger partial charge in [-0.3, -0.25) is 0 Å². The van der Waals surface area contributed by atoms with Gasteiger partial charge in [0.15, 0.2) is 5.75 Å². The molecule has 0 spiro atoms. The molecule has 0 saturated carbocycles. The normalized spacial score (nSPS) is 16.2. The van der Waals surface area contributed by atoms with Crippen molar-refractivity contribution in [3.05, 3.63) is 43.1 Å². The van der Waals surface area contributed by atoms with E-state index in [0.717, 1.165) is 50.0 Å². The molecule has 3 heterocycles. The summed E-state index contributed by atoms with van der Waals surface area (Å²) in [5, 5.41) is 5.15. The SMILES string of the molecule is C1CC[N-]C1.C[CH-]Oc1cc2nc(N)cc(C3CCOCC3)c2cc1OC.[CH3-].[K+]. The predicted octanol–water partition coefficient (Wildman–Crippen LogP) is 1.89. The van der Waals surface area contributed by atoms with Gasteiger partial charge >= 0.3 is 51.4 Å². The van der Waals surface area contributed by atoms with Crippen LogP contribution in [0.15, 0.2) is 18.2 Å². The molecule has 29 heavy (non-hydrogen) atoms. The van der Waals surface area contributed by atoms with Crippen LogP contribution >= 0.6 is 0 Å². The van der Waals surface area contributed by atoms with Crippen molar-refractivity contribution in [2.75, 3.05) is 39.1 Å². The molecule has 2 aliphatic heterocycles. The van der Waals surface area contributed by atoms with E-state index in [1.54, 1.807) is 13.7 Å². The van der Waals surface area contributed by atoms with E-state index < -0.39 is 0 Å². The van der Waals surface area contributed by atoms with E-state index >= 15 is 0 Å². The Bertz CT molecular complexity index is 740. The first-order valence-electron chi connectivity index (χ1n) is 9.66. The fraction of sp³-hybridized carbons (Fsp3) is 0.500. The third-order valence-corrected chi connectivity index (χ3v) is 4.93. The van der Waals surface area contributed by atoms with Crippen LogP contribution in [0.3, 0.4) is 0 Å². The first kappa shape index (κ1) is 26.6. The monoisotopic (exact) mass is 425 g/mol. The Kier molecular flexibility index (Phi) is 12.7. The van der Waals surface area contributed by atoms with Crippen LogP contribution < -0.4 is 66.6 Å². The molecule has 2 N–H and O–H groups in total. The number of benzene rings is 1. The molecule has 156 valence electrons. The Hall–Kier alpha value is -0.414. The van der Waals surface area contributed by atoms with Gasteiger partial charge < -0.3 is 32.7 Å². The summed E-state index contributed by atoms with van der Waals surface area (Å²) in [6.07, 6.45) is 4.67. The maximum absolute atomic E-state index is 6.00. The van der Waals surface area contributed by atoms with E-state index in [-0.39, 0.29) is 58.8 Å². The van der Waals surface area contributed by atoms with Gasteiger partial charge in [0.25, 0.3) is 0 Å². The predicted molar refractivity (Wildman–Crippen MR) is 115 cm³/mol. The molecule has 6 nitrogen and oxygen atoms in total. The summed E-state index contributed by atoms with van der Waals surface area (Å²) in [6.45, 7) is 7.27. The van der Waals surface area contributed by atoms with Crippen molar-refractivity contribution in [2.45, 2.75) is 38.5 Å². The van der Waals surface area contributed by atoms with Gasteiger partial charge in [-0.15, -0.1) is 13.1 Å². The molecular formula is C22H32KN3O3-2. The number of rotatable bonds is 4. The Morgan fingerprint density at radius 2 is 1.83 bits per heavy atom. The first-order chi connectivity index (χ1) is 13.2. The third kappa shape index (κ3) is 7.34. The van der Waals surface area contributed by atoms with Crippen molar-refractivity contribution < 1.29 is 65.6 Å². The number of hydrogen-bond donors (Lipinski definition) is 1. The molecule has 2 saturated heterocycles. The van der Waals surface area contributed by atoms with Gasteiger partial charge in [-0.05, 0) is 36.5 Å². The van der Waals surface area contributed by atoms with Crippen molar-refractivity contribution in [3.63, 3.8) is 0 Å². The van der Waals surface area contributed by atoms with Gasteiger partial charge in [0.2, 0.25) is 0 Å². The molecule has 0 radical (unpaired) electrons. The summed E-state index contributed by atoms with van der Waals surface area (Å²) >= 11 is 0. The molecule has 0 bridgehead atoms. The second kappa shape index (κ2) is 13.8. The molecule has 2 aliphatic rings. The van der Waals surface area contributed by atoms with Crippen molar-refractivity contribution in [1.29, 1.82) is 0 Å². The Morgan fingerprint density at radius 1 is 1.14 bits per heavy atom. The van der Waals surface area contributed by atoms with Gasteiger partial charge in [-0.2, -0.15) is 13.5 Å². The van der Waals surface area contributed by atoms with Gasteiger partial charge in [-0.1, -0.05) is 12.8 Å². The molecule has 0 atom stereocenters. The minimum absolute atomic E-state index is 0. The summed E-state index contributed by atoms with van der Waals surface area (Å²) < 4.78 is 16.4. The van der Waals surface area contributed by atoms with Crippen LogP contribution in [0.4, 0.5) is 5.82 Å². The largest absolute Gasteiger partial charge is 1.00 e. The van der Waals surface area contributed by atoms with Gasteiger partial charge in [-0.25, -0.2) is 4.98 Å². The second-order valence-electron chi connectivity index (χ2n) is 6.77. The molecule has 0 unspecified atom stereocenters. The smallest absolute Gasteiger partial charge is 0.662 e. The van der Waals surface area contributed by atoms with Crippen LogP contribution in [0.5, 0.6) is 11.5 Å². The summed E-state index contributed by atoms with van der Waals surface area (Å²) in [5.74, 6) is 2.32. The molecule has 0 amide bonds. The van der Waals surface area contributed by atoms with E-state index in [4.69, 9.17) is 19.9 Å². The third-order valence-electron chi connectivity index (χ3n) is 4.93. The zero-order chi connectivity index (χ0) is 19.1. The maximum Gasteiger partial charge on any atom is 1.00 e. The fourth-order valence-corrected chi connectivity index (χ4v) is 3.57. The molecule has 1 aromatic carbocycles. The van der Waals surface area contributed by atoms with Crippen LogP contribution in [0.25, 0.3) is 16.2 Å². The van der Waals surface area contributed by atoms with Gasteiger partial charge in [0.05, 0.1) is 12.6 Å². The van der Waals surface area contributed by atoms with Crippen molar-refractivity contribution in [1.82, 2.24) is 4.98 Å². The number of pyridine rings is 1. The summed E-state index contributed by atoms with van der Waals surface area (Å²) in [6, 6.07) is 5.85. The number of nitrogens with zero attached hydrogens (tertiary/aromatic N) is 2. The van der Waals surface area contributed by atoms with Gasteiger partial charge in [0.1, 0.15) is 11.6 Å². The quantitative estimate of drug-likeness (QED) is 0.598. The van der Waals surface area contributed by atoms with E-state index in [0.29, 0.717) is 23.2 Å². The zero-order valence-corrected chi connectivity index (χ0v) is 21.4. The Labute approximate surface area is 217 Å². The summed E-state index contributed by atoms with van der Waals surface area (Å²) in [7, 11) is 1.64. The topological polar surface area (TPSA) is 80.7 Å². The van der Waals surface area contributed by atoms with E-state index in [1.807, 2.05) is 25.1 Å². The van der Waals surface area contributed by atoms with E-state index in [1.165, 1.54) is 18.4 Å². The fourth-order valence-electron chi connectivity index (χ4n) is 3.57. The van der Waals surface area contributed by atoms with E-state index in [9.17, 15) is 0 Å². The Morgan fingerprint density at radius 3 is 2.38 bits per heavy atom. The summed E-state index contributed by atoms with van der Waals surface area (Å²) in [4.78, 5) is 4.45. The number of nitrogens with two attached hydrogens (primary N) is 1. The number of methoxy groups -OCH3 is 1. The number of anilines is 1. The molecule has 1 aromatic heterocycles. The van der Waals surface area contributed by atoms with Crippen LogP contribution in [0.1, 0.15) is 44.1 Å². The molecule has 0 aliphatic carbocycles. The number of hydrogen-bond acceptors (Lipinski definition) is 5. The molecular weight excluding hydrogens is 393 g/mol. The standard InChI is InChI=1S/C17H21N2O3.C4H8N.CH3.K/c1-3-22-16-10-14-13(8-15(16)20-2)12(9-17(18)19-14)11-4-6-21-7-5-11;1-2-4-5-3-1;;/h3,8-11H,4-7H2,1-2H3,(H2,18,19);1-4H2;1H3;/q3*-1;+1. The van der Waals surface area contributed by atoms with Crippen LogP contribution in [0, 0.1) is 14.0 Å². The molecule has 2 fully saturated rings. The van der Waals surface area contributed by atoms with Crippen molar-refractivity contribution in [3.8, 4) is 11.5 Å².